The summed E-state index contributed by atoms with van der Waals surface area (Å²) in [5.74, 6) is 3.38. The lowest BCUT2D eigenvalue weighted by molar-refractivity contribution is 0.0352. The number of nitrogens with zero attached hydrogens (tertiary/aromatic N) is 3. The van der Waals surface area contributed by atoms with Gasteiger partial charge in [-0.1, -0.05) is 43.1 Å². The number of rotatable bonds is 9. The van der Waals surface area contributed by atoms with Gasteiger partial charge in [-0.15, -0.1) is 0 Å². The smallest absolute Gasteiger partial charge is 0.224 e. The minimum Gasteiger partial charge on any atom is -0.368 e. The predicted octanol–water partition coefficient (Wildman–Crippen LogP) is 5.20. The van der Waals surface area contributed by atoms with Crippen molar-refractivity contribution < 1.29 is 0 Å². The maximum Gasteiger partial charge on any atom is 0.224 e. The van der Waals surface area contributed by atoms with Gasteiger partial charge >= 0.3 is 0 Å². The molecule has 1 aromatic heterocycles. The largest absolute Gasteiger partial charge is 0.368 e. The third-order valence-corrected chi connectivity index (χ3v) is 9.13. The van der Waals surface area contributed by atoms with Gasteiger partial charge in [0.1, 0.15) is 17.5 Å². The van der Waals surface area contributed by atoms with E-state index in [1.54, 1.807) is 6.20 Å². The molecule has 2 saturated carbocycles. The molecule has 1 aromatic carbocycles. The molecule has 2 aromatic rings. The van der Waals surface area contributed by atoms with E-state index in [0.29, 0.717) is 34.9 Å². The lowest BCUT2D eigenvalue weighted by Gasteiger charge is -2.51. The molecular formula is C29H40ClN7. The first-order valence-electron chi connectivity index (χ1n) is 14.0. The van der Waals surface area contributed by atoms with Crippen molar-refractivity contribution in [3.8, 4) is 6.07 Å². The maximum atomic E-state index is 9.67. The van der Waals surface area contributed by atoms with Gasteiger partial charge < -0.3 is 21.3 Å². The van der Waals surface area contributed by atoms with E-state index in [9.17, 15) is 5.26 Å². The number of piperidine rings is 1. The summed E-state index contributed by atoms with van der Waals surface area (Å²) in [6, 6.07) is 10.6. The molecule has 7 nitrogen and oxygen atoms in total. The molecule has 2 unspecified atom stereocenters. The predicted molar refractivity (Wildman–Crippen MR) is 150 cm³/mol. The molecule has 1 aliphatic heterocycles. The third-order valence-electron chi connectivity index (χ3n) is 8.76. The number of nitrogens with one attached hydrogen (secondary N) is 4. The summed E-state index contributed by atoms with van der Waals surface area (Å²) in [5, 5.41) is 24.7. The van der Waals surface area contributed by atoms with Gasteiger partial charge in [-0.25, -0.2) is 4.98 Å². The summed E-state index contributed by atoms with van der Waals surface area (Å²) in [6.07, 6.45) is 10.6. The molecular weight excluding hydrogens is 482 g/mol. The van der Waals surface area contributed by atoms with Crippen LogP contribution >= 0.6 is 11.6 Å². The Labute approximate surface area is 226 Å². The Balaban J connectivity index is 1.20. The van der Waals surface area contributed by atoms with E-state index >= 15 is 0 Å². The van der Waals surface area contributed by atoms with E-state index in [4.69, 9.17) is 11.6 Å². The molecule has 4 N–H and O–H groups in total. The Morgan fingerprint density at radius 3 is 2.59 bits per heavy atom. The number of benzene rings is 1. The zero-order valence-corrected chi connectivity index (χ0v) is 22.7. The molecule has 1 saturated heterocycles. The number of halogens is 1. The van der Waals surface area contributed by atoms with Crippen molar-refractivity contribution in [2.75, 3.05) is 36.8 Å². The van der Waals surface area contributed by atoms with Crippen LogP contribution in [-0.2, 0) is 6.54 Å². The van der Waals surface area contributed by atoms with Gasteiger partial charge in [-0.3, -0.25) is 0 Å². The van der Waals surface area contributed by atoms with Crippen molar-refractivity contribution in [2.45, 2.75) is 64.5 Å². The highest BCUT2D eigenvalue weighted by Crippen LogP contribution is 2.49. The van der Waals surface area contributed by atoms with Crippen LogP contribution in [0.25, 0.3) is 0 Å². The van der Waals surface area contributed by atoms with Crippen molar-refractivity contribution in [1.82, 2.24) is 20.6 Å². The van der Waals surface area contributed by atoms with Gasteiger partial charge in [0, 0.05) is 24.2 Å². The molecule has 198 valence electrons. The maximum absolute atomic E-state index is 9.67. The molecule has 5 rings (SSSR count). The van der Waals surface area contributed by atoms with Crippen molar-refractivity contribution in [3.63, 3.8) is 0 Å². The third kappa shape index (κ3) is 6.54. The quantitative estimate of drug-likeness (QED) is 0.360. The normalized spacial score (nSPS) is 27.9. The number of hydrogen-bond donors (Lipinski definition) is 4. The van der Waals surface area contributed by atoms with Gasteiger partial charge in [0.2, 0.25) is 5.95 Å². The Kier molecular flexibility index (Phi) is 8.49. The summed E-state index contributed by atoms with van der Waals surface area (Å²) >= 11 is 6.29. The van der Waals surface area contributed by atoms with Crippen LogP contribution in [0.4, 0.5) is 11.8 Å². The van der Waals surface area contributed by atoms with Crippen LogP contribution in [0.2, 0.25) is 5.02 Å². The molecule has 3 aliphatic rings. The van der Waals surface area contributed by atoms with E-state index < -0.39 is 0 Å². The minimum atomic E-state index is 0.186. The van der Waals surface area contributed by atoms with E-state index in [1.807, 2.05) is 24.3 Å². The van der Waals surface area contributed by atoms with Gasteiger partial charge in [0.25, 0.3) is 0 Å². The van der Waals surface area contributed by atoms with Crippen molar-refractivity contribution in [1.29, 1.82) is 5.26 Å². The van der Waals surface area contributed by atoms with Crippen LogP contribution in [0, 0.1) is 34.5 Å². The number of fused-ring (bicyclic) bond motifs is 2. The molecule has 8 heteroatoms. The molecule has 0 radical (unpaired) electrons. The van der Waals surface area contributed by atoms with Gasteiger partial charge in [0.15, 0.2) is 0 Å². The summed E-state index contributed by atoms with van der Waals surface area (Å²) in [7, 11) is 0. The Bertz CT molecular complexity index is 1080. The molecule has 2 heterocycles. The number of nitriles is 1. The standard InChI is InChI=1S/C29H40ClN7/c1-29(13-21-6-4-7-22(14-29)26(21)33-16-20-9-11-32-12-10-20)19-36-27-24(15-31)18-35-28(37-27)34-17-23-5-2-3-8-25(23)30/h2-3,5,8,18,20-22,26,32-33H,4,6-7,9-14,16-17,19H2,1H3,(H2,34,35,36,37)/t21-,22+,26?,29?. The molecule has 2 aliphatic carbocycles. The summed E-state index contributed by atoms with van der Waals surface area (Å²) in [4.78, 5) is 9.00. The molecule has 2 bridgehead atoms. The average molecular weight is 522 g/mol. The number of anilines is 2. The highest BCUT2D eigenvalue weighted by atomic mass is 35.5. The highest BCUT2D eigenvalue weighted by Gasteiger charge is 2.45. The number of aromatic nitrogens is 2. The fraction of sp³-hybridized carbons (Fsp3) is 0.621. The zero-order chi connectivity index (χ0) is 25.7. The van der Waals surface area contributed by atoms with Crippen LogP contribution in [0.15, 0.2) is 30.5 Å². The van der Waals surface area contributed by atoms with Gasteiger partial charge in [-0.2, -0.15) is 10.2 Å². The lowest BCUT2D eigenvalue weighted by atomic mass is 9.59. The number of hydrogen-bond acceptors (Lipinski definition) is 7. The first-order chi connectivity index (χ1) is 18.0. The Morgan fingerprint density at radius 1 is 1.11 bits per heavy atom. The van der Waals surface area contributed by atoms with Crippen LogP contribution in [0.1, 0.15) is 63.0 Å². The van der Waals surface area contributed by atoms with E-state index in [0.717, 1.165) is 29.9 Å². The Morgan fingerprint density at radius 2 is 1.86 bits per heavy atom. The summed E-state index contributed by atoms with van der Waals surface area (Å²) in [6.45, 7) is 7.26. The Hall–Kier alpha value is -2.40. The summed E-state index contributed by atoms with van der Waals surface area (Å²) < 4.78 is 0. The van der Waals surface area contributed by atoms with Crippen LogP contribution in [0.3, 0.4) is 0 Å². The lowest BCUT2D eigenvalue weighted by Crippen LogP contribution is -2.54. The second-order valence-corrected chi connectivity index (χ2v) is 12.1. The van der Waals surface area contributed by atoms with Crippen molar-refractivity contribution in [2.24, 2.45) is 23.2 Å². The van der Waals surface area contributed by atoms with Crippen LogP contribution in [0.5, 0.6) is 0 Å². The topological polar surface area (TPSA) is 97.7 Å². The van der Waals surface area contributed by atoms with Gasteiger partial charge in [-0.05, 0) is 93.0 Å². The first-order valence-corrected chi connectivity index (χ1v) is 14.3. The fourth-order valence-electron chi connectivity index (χ4n) is 6.86. The monoisotopic (exact) mass is 521 g/mol. The average Bonchev–Trinajstić information content (AvgIpc) is 2.91. The summed E-state index contributed by atoms with van der Waals surface area (Å²) in [5.41, 5.74) is 1.64. The highest BCUT2D eigenvalue weighted by molar-refractivity contribution is 6.31. The van der Waals surface area contributed by atoms with Crippen molar-refractivity contribution >= 4 is 23.4 Å². The molecule has 0 amide bonds. The first kappa shape index (κ1) is 26.2. The van der Waals surface area contributed by atoms with E-state index in [2.05, 4.69) is 44.2 Å². The fourth-order valence-corrected chi connectivity index (χ4v) is 7.06. The van der Waals surface area contributed by atoms with Gasteiger partial charge in [0.05, 0.1) is 6.20 Å². The minimum absolute atomic E-state index is 0.186. The van der Waals surface area contributed by atoms with E-state index in [1.165, 1.54) is 64.6 Å². The zero-order valence-electron chi connectivity index (χ0n) is 21.9. The second kappa shape index (κ2) is 12.0. The van der Waals surface area contributed by atoms with Crippen molar-refractivity contribution in [3.05, 3.63) is 46.6 Å². The van der Waals surface area contributed by atoms with Crippen LogP contribution < -0.4 is 21.3 Å². The molecule has 3 fully saturated rings. The molecule has 4 atom stereocenters. The van der Waals surface area contributed by atoms with E-state index in [-0.39, 0.29) is 5.41 Å². The second-order valence-electron chi connectivity index (χ2n) is 11.7. The van der Waals surface area contributed by atoms with Crippen LogP contribution in [-0.4, -0.2) is 42.2 Å². The molecule has 37 heavy (non-hydrogen) atoms. The molecule has 0 spiro atoms. The SMILES string of the molecule is CC1(CNc2nc(NCc3ccccc3Cl)ncc2C#N)C[C@H]2CCC[C@@H](C1)C2NCC1CCNCC1.